The second-order valence-electron chi connectivity index (χ2n) is 4.68. The Morgan fingerprint density at radius 3 is 2.06 bits per heavy atom. The van der Waals surface area contributed by atoms with E-state index in [1.54, 1.807) is 0 Å². The van der Waals surface area contributed by atoms with Crippen LogP contribution in [-0.2, 0) is 0 Å². The van der Waals surface area contributed by atoms with Crippen molar-refractivity contribution in [2.24, 2.45) is 0 Å². The molecule has 0 radical (unpaired) electrons. The minimum Gasteiger partial charge on any atom is -0.378 e. The van der Waals surface area contributed by atoms with Gasteiger partial charge in [-0.2, -0.15) is 0 Å². The molecule has 2 rings (SSSR count). The molecule has 1 nitrogen and oxygen atoms in total. The van der Waals surface area contributed by atoms with Crippen molar-refractivity contribution < 1.29 is 0 Å². The van der Waals surface area contributed by atoms with Gasteiger partial charge in [0, 0.05) is 19.8 Å². The first-order valence-corrected chi connectivity index (χ1v) is 6.18. The number of benzene rings is 2. The third-order valence-corrected chi connectivity index (χ3v) is 3.02. The molecule has 0 saturated heterocycles. The molecule has 1 heteroatoms. The van der Waals surface area contributed by atoms with Gasteiger partial charge in [0.2, 0.25) is 0 Å². The predicted octanol–water partition coefficient (Wildman–Crippen LogP) is 4.31. The number of anilines is 1. The summed E-state index contributed by atoms with van der Waals surface area (Å²) in [5.41, 5.74) is 5.02. The summed E-state index contributed by atoms with van der Waals surface area (Å²) in [5.74, 6) is 0. The van der Waals surface area contributed by atoms with Crippen LogP contribution < -0.4 is 4.90 Å². The molecule has 0 unspecified atom stereocenters. The molecule has 0 fully saturated rings. The van der Waals surface area contributed by atoms with Crippen LogP contribution in [0.2, 0.25) is 0 Å². The fourth-order valence-corrected chi connectivity index (χ4v) is 1.90. The van der Waals surface area contributed by atoms with Crippen LogP contribution in [0, 0.1) is 0 Å². The summed E-state index contributed by atoms with van der Waals surface area (Å²) in [6.45, 7) is 2.15. The predicted molar refractivity (Wildman–Crippen MR) is 80.8 cm³/mol. The lowest BCUT2D eigenvalue weighted by atomic mass is 10.0. The van der Waals surface area contributed by atoms with Gasteiger partial charge in [-0.25, -0.2) is 0 Å². The quantitative estimate of drug-likeness (QED) is 0.719. The topological polar surface area (TPSA) is 3.24 Å². The van der Waals surface area contributed by atoms with E-state index in [0.29, 0.717) is 0 Å². The minimum absolute atomic E-state index is 1.23. The van der Waals surface area contributed by atoms with Gasteiger partial charge in [-0.1, -0.05) is 48.5 Å². The smallest absolute Gasteiger partial charge is 0.0361 e. The number of nitrogens with zero attached hydrogens (tertiary/aromatic N) is 1. The van der Waals surface area contributed by atoms with Crippen molar-refractivity contribution in [2.75, 3.05) is 19.0 Å². The van der Waals surface area contributed by atoms with E-state index in [1.807, 2.05) is 6.07 Å². The van der Waals surface area contributed by atoms with Gasteiger partial charge < -0.3 is 4.90 Å². The summed E-state index contributed by atoms with van der Waals surface area (Å²) in [4.78, 5) is 2.11. The van der Waals surface area contributed by atoms with Gasteiger partial charge >= 0.3 is 0 Å². The minimum atomic E-state index is 1.23. The summed E-state index contributed by atoms with van der Waals surface area (Å²) < 4.78 is 0. The molecule has 0 spiro atoms. The highest BCUT2D eigenvalue weighted by Gasteiger charge is 1.97. The number of hydrogen-bond acceptors (Lipinski definition) is 1. The van der Waals surface area contributed by atoms with Crippen molar-refractivity contribution in [1.29, 1.82) is 0 Å². The van der Waals surface area contributed by atoms with Gasteiger partial charge in [-0.3, -0.25) is 0 Å². The molecule has 0 aliphatic heterocycles. The Labute approximate surface area is 109 Å². The zero-order chi connectivity index (χ0) is 13.0. The molecular weight excluding hydrogens is 218 g/mol. The Morgan fingerprint density at radius 1 is 0.889 bits per heavy atom. The standard InChI is InChI=1S/C17H19N/c1-14(16-7-5-4-6-8-16)13-15-9-11-17(12-10-15)18(2)3/h4-13H,1-3H3/b14-13-. The molecule has 0 amide bonds. The Bertz CT molecular complexity index is 521. The Hall–Kier alpha value is -2.02. The molecule has 92 valence electrons. The molecule has 0 N–H and O–H groups in total. The van der Waals surface area contributed by atoms with Gasteiger partial charge in [0.15, 0.2) is 0 Å². The van der Waals surface area contributed by atoms with Crippen LogP contribution in [0.15, 0.2) is 54.6 Å². The zero-order valence-electron chi connectivity index (χ0n) is 11.2. The highest BCUT2D eigenvalue weighted by Crippen LogP contribution is 2.19. The molecule has 18 heavy (non-hydrogen) atoms. The van der Waals surface area contributed by atoms with E-state index in [0.717, 1.165) is 0 Å². The molecule has 0 heterocycles. The molecular formula is C17H19N. The molecule has 0 aromatic heterocycles. The highest BCUT2D eigenvalue weighted by molar-refractivity contribution is 5.80. The fourth-order valence-electron chi connectivity index (χ4n) is 1.90. The van der Waals surface area contributed by atoms with Crippen molar-refractivity contribution in [3.05, 3.63) is 65.7 Å². The van der Waals surface area contributed by atoms with Gasteiger partial charge in [0.05, 0.1) is 0 Å². The maximum atomic E-state index is 2.22. The van der Waals surface area contributed by atoms with E-state index in [1.165, 1.54) is 22.4 Å². The van der Waals surface area contributed by atoms with E-state index in [-0.39, 0.29) is 0 Å². The Morgan fingerprint density at radius 2 is 1.50 bits per heavy atom. The summed E-state index contributed by atoms with van der Waals surface area (Å²) in [6.07, 6.45) is 2.22. The van der Waals surface area contributed by atoms with Crippen molar-refractivity contribution in [3.63, 3.8) is 0 Å². The molecule has 0 bridgehead atoms. The average molecular weight is 237 g/mol. The van der Waals surface area contributed by atoms with Gasteiger partial charge in [0.1, 0.15) is 0 Å². The molecule has 0 aliphatic rings. The number of allylic oxidation sites excluding steroid dienone is 1. The molecule has 0 atom stereocenters. The van der Waals surface area contributed by atoms with Gasteiger partial charge in [0.25, 0.3) is 0 Å². The zero-order valence-corrected chi connectivity index (χ0v) is 11.2. The third kappa shape index (κ3) is 3.01. The lowest BCUT2D eigenvalue weighted by Crippen LogP contribution is -2.07. The van der Waals surface area contributed by atoms with E-state index in [2.05, 4.69) is 80.5 Å². The third-order valence-electron chi connectivity index (χ3n) is 3.02. The largest absolute Gasteiger partial charge is 0.378 e. The molecule has 2 aromatic carbocycles. The van der Waals surface area contributed by atoms with E-state index in [4.69, 9.17) is 0 Å². The van der Waals surface area contributed by atoms with Crippen LogP contribution in [0.25, 0.3) is 11.6 Å². The Kier molecular flexibility index (Phi) is 3.83. The second-order valence-corrected chi connectivity index (χ2v) is 4.68. The van der Waals surface area contributed by atoms with Gasteiger partial charge in [-0.05, 0) is 35.8 Å². The molecule has 0 aliphatic carbocycles. The van der Waals surface area contributed by atoms with E-state index < -0.39 is 0 Å². The summed E-state index contributed by atoms with van der Waals surface area (Å²) in [6, 6.07) is 19.1. The van der Waals surface area contributed by atoms with Crippen molar-refractivity contribution in [2.45, 2.75) is 6.92 Å². The van der Waals surface area contributed by atoms with Crippen LogP contribution in [0.1, 0.15) is 18.1 Å². The van der Waals surface area contributed by atoms with Crippen LogP contribution in [0.5, 0.6) is 0 Å². The van der Waals surface area contributed by atoms with Crippen LogP contribution >= 0.6 is 0 Å². The van der Waals surface area contributed by atoms with Gasteiger partial charge in [-0.15, -0.1) is 0 Å². The monoisotopic (exact) mass is 237 g/mol. The first-order chi connectivity index (χ1) is 8.66. The SMILES string of the molecule is C/C(=C/c1ccc(N(C)C)cc1)c1ccccc1. The maximum absolute atomic E-state index is 2.22. The van der Waals surface area contributed by atoms with Crippen LogP contribution in [0.3, 0.4) is 0 Å². The normalized spacial score (nSPS) is 11.4. The average Bonchev–Trinajstić information content (AvgIpc) is 2.40. The molecule has 2 aromatic rings. The van der Waals surface area contributed by atoms with Crippen LogP contribution in [0.4, 0.5) is 5.69 Å². The summed E-state index contributed by atoms with van der Waals surface area (Å²) >= 11 is 0. The van der Waals surface area contributed by atoms with Crippen molar-refractivity contribution in [1.82, 2.24) is 0 Å². The highest BCUT2D eigenvalue weighted by atomic mass is 15.1. The Balaban J connectivity index is 2.23. The summed E-state index contributed by atoms with van der Waals surface area (Å²) in [7, 11) is 4.11. The lowest BCUT2D eigenvalue weighted by Gasteiger charge is -2.12. The first-order valence-electron chi connectivity index (χ1n) is 6.18. The van der Waals surface area contributed by atoms with E-state index >= 15 is 0 Å². The van der Waals surface area contributed by atoms with Crippen molar-refractivity contribution >= 4 is 17.3 Å². The lowest BCUT2D eigenvalue weighted by molar-refractivity contribution is 1.13. The summed E-state index contributed by atoms with van der Waals surface area (Å²) in [5, 5.41) is 0. The number of rotatable bonds is 3. The van der Waals surface area contributed by atoms with Crippen LogP contribution in [-0.4, -0.2) is 14.1 Å². The number of hydrogen-bond donors (Lipinski definition) is 0. The van der Waals surface area contributed by atoms with E-state index in [9.17, 15) is 0 Å². The fraction of sp³-hybridized carbons (Fsp3) is 0.176. The van der Waals surface area contributed by atoms with Crippen molar-refractivity contribution in [3.8, 4) is 0 Å². The second kappa shape index (κ2) is 5.54. The molecule has 0 saturated carbocycles. The first kappa shape index (κ1) is 12.4. The maximum Gasteiger partial charge on any atom is 0.0361 e.